The smallest absolute Gasteiger partial charge is 0.0944 e. The van der Waals surface area contributed by atoms with Crippen LogP contribution >= 0.6 is 22.7 Å². The van der Waals surface area contributed by atoms with Gasteiger partial charge in [-0.1, -0.05) is 13.8 Å². The molecule has 1 unspecified atom stereocenters. The van der Waals surface area contributed by atoms with Crippen LogP contribution in [-0.4, -0.2) is 11.5 Å². The molecule has 0 aliphatic carbocycles. The average Bonchev–Trinajstić information content (AvgIpc) is 2.98. The van der Waals surface area contributed by atoms with Crippen LogP contribution in [0.15, 0.2) is 23.0 Å². The summed E-state index contributed by atoms with van der Waals surface area (Å²) in [5, 5.41) is 9.03. The number of aryl methyl sites for hydroxylation is 1. The van der Waals surface area contributed by atoms with Crippen LogP contribution in [0.2, 0.25) is 0 Å². The van der Waals surface area contributed by atoms with Gasteiger partial charge in [-0.05, 0) is 30.0 Å². The summed E-state index contributed by atoms with van der Waals surface area (Å²) in [5.41, 5.74) is 1.47. The number of hydrogen-bond acceptors (Lipinski definition) is 4. The Morgan fingerprint density at radius 3 is 2.82 bits per heavy atom. The lowest BCUT2D eigenvalue weighted by molar-refractivity contribution is 0.553. The minimum absolute atomic E-state index is 0.418. The van der Waals surface area contributed by atoms with Crippen molar-refractivity contribution in [2.24, 2.45) is 0 Å². The summed E-state index contributed by atoms with van der Waals surface area (Å²) < 4.78 is 0. The molecule has 1 N–H and O–H groups in total. The van der Waals surface area contributed by atoms with E-state index in [1.807, 2.05) is 22.9 Å². The molecule has 2 heterocycles. The van der Waals surface area contributed by atoms with Crippen molar-refractivity contribution >= 4 is 22.7 Å². The lowest BCUT2D eigenvalue weighted by Gasteiger charge is -2.17. The Bertz CT molecular complexity index is 434. The summed E-state index contributed by atoms with van der Waals surface area (Å²) in [4.78, 5) is 5.86. The van der Waals surface area contributed by atoms with Crippen molar-refractivity contribution in [2.75, 3.05) is 6.54 Å². The van der Waals surface area contributed by atoms with Crippen molar-refractivity contribution < 1.29 is 0 Å². The first-order valence-corrected chi connectivity index (χ1v) is 7.79. The highest BCUT2D eigenvalue weighted by Gasteiger charge is 2.16. The number of nitrogens with one attached hydrogen (secondary N) is 1. The molecule has 0 saturated heterocycles. The van der Waals surface area contributed by atoms with E-state index in [1.165, 1.54) is 15.4 Å². The molecule has 0 bridgehead atoms. The van der Waals surface area contributed by atoms with E-state index in [-0.39, 0.29) is 0 Å². The molecule has 0 amide bonds. The summed E-state index contributed by atoms with van der Waals surface area (Å²) in [6.07, 6.45) is 4.00. The summed E-state index contributed by atoms with van der Waals surface area (Å²) in [6, 6.07) is 2.66. The van der Waals surface area contributed by atoms with Crippen LogP contribution in [-0.2, 0) is 12.8 Å². The highest BCUT2D eigenvalue weighted by molar-refractivity contribution is 7.10. The van der Waals surface area contributed by atoms with Crippen molar-refractivity contribution in [1.82, 2.24) is 10.3 Å². The first kappa shape index (κ1) is 12.7. The van der Waals surface area contributed by atoms with E-state index in [0.717, 1.165) is 19.4 Å². The molecule has 0 aliphatic rings. The molecule has 92 valence electrons. The molecule has 0 radical (unpaired) electrons. The number of likely N-dealkylation sites (N-methyl/N-ethyl adjacent to an activating group) is 1. The maximum Gasteiger partial charge on any atom is 0.0944 e. The van der Waals surface area contributed by atoms with E-state index in [0.29, 0.717) is 6.04 Å². The molecule has 4 heteroatoms. The Balaban J connectivity index is 2.16. The second-order valence-electron chi connectivity index (χ2n) is 3.90. The van der Waals surface area contributed by atoms with E-state index in [4.69, 9.17) is 0 Å². The van der Waals surface area contributed by atoms with Crippen LogP contribution in [0.4, 0.5) is 0 Å². The Hall–Kier alpha value is -0.710. The third-order valence-electron chi connectivity index (χ3n) is 2.79. The second-order valence-corrected chi connectivity index (χ2v) is 5.83. The first-order chi connectivity index (χ1) is 8.35. The zero-order valence-electron chi connectivity index (χ0n) is 10.3. The molecule has 0 spiro atoms. The van der Waals surface area contributed by atoms with Gasteiger partial charge in [-0.15, -0.1) is 22.7 Å². The number of aromatic nitrogens is 1. The van der Waals surface area contributed by atoms with Gasteiger partial charge in [0, 0.05) is 28.9 Å². The normalized spacial score (nSPS) is 12.8. The number of nitrogens with zero attached hydrogens (tertiary/aromatic N) is 1. The van der Waals surface area contributed by atoms with Crippen molar-refractivity contribution in [3.05, 3.63) is 38.5 Å². The Kier molecular flexibility index (Phi) is 4.71. The van der Waals surface area contributed by atoms with Gasteiger partial charge in [-0.25, -0.2) is 4.98 Å². The largest absolute Gasteiger partial charge is 0.309 e. The van der Waals surface area contributed by atoms with Gasteiger partial charge >= 0.3 is 0 Å². The summed E-state index contributed by atoms with van der Waals surface area (Å²) in [7, 11) is 0. The van der Waals surface area contributed by atoms with Crippen molar-refractivity contribution in [1.29, 1.82) is 0 Å². The van der Waals surface area contributed by atoms with Gasteiger partial charge < -0.3 is 5.32 Å². The van der Waals surface area contributed by atoms with Crippen molar-refractivity contribution in [3.8, 4) is 0 Å². The maximum absolute atomic E-state index is 4.39. The minimum Gasteiger partial charge on any atom is -0.309 e. The third-order valence-corrected chi connectivity index (χ3v) is 4.67. The minimum atomic E-state index is 0.418. The van der Waals surface area contributed by atoms with Crippen LogP contribution in [0.5, 0.6) is 0 Å². The van der Waals surface area contributed by atoms with Crippen LogP contribution in [0.1, 0.15) is 35.3 Å². The lowest BCUT2D eigenvalue weighted by Crippen LogP contribution is -2.22. The number of thiophene rings is 1. The third kappa shape index (κ3) is 3.15. The standard InChI is InChI=1S/C13H18N2S2/c1-3-10-5-7-17-13(10)11(14-4-2)9-12-15-6-8-16-12/h5-8,11,14H,3-4,9H2,1-2H3. The fourth-order valence-corrected chi connectivity index (χ4v) is 3.71. The average molecular weight is 266 g/mol. The van der Waals surface area contributed by atoms with Gasteiger partial charge in [-0.3, -0.25) is 0 Å². The molecule has 2 rings (SSSR count). The van der Waals surface area contributed by atoms with Crippen molar-refractivity contribution in [3.63, 3.8) is 0 Å². The zero-order valence-corrected chi connectivity index (χ0v) is 11.9. The summed E-state index contributed by atoms with van der Waals surface area (Å²) >= 11 is 3.60. The maximum atomic E-state index is 4.39. The van der Waals surface area contributed by atoms with E-state index in [2.05, 4.69) is 35.6 Å². The fourth-order valence-electron chi connectivity index (χ4n) is 1.98. The van der Waals surface area contributed by atoms with E-state index in [1.54, 1.807) is 11.3 Å². The Labute approximate surface area is 111 Å². The molecule has 0 aliphatic heterocycles. The van der Waals surface area contributed by atoms with Crippen LogP contribution in [0, 0.1) is 0 Å². The SMILES string of the molecule is CCNC(Cc1nccs1)c1sccc1CC. The predicted octanol–water partition coefficient (Wildman–Crippen LogP) is 3.66. The highest BCUT2D eigenvalue weighted by atomic mass is 32.1. The summed E-state index contributed by atoms with van der Waals surface area (Å²) in [6.45, 7) is 5.38. The van der Waals surface area contributed by atoms with Crippen LogP contribution in [0.3, 0.4) is 0 Å². The van der Waals surface area contributed by atoms with E-state index in [9.17, 15) is 0 Å². The molecule has 2 aromatic rings. The van der Waals surface area contributed by atoms with Crippen molar-refractivity contribution in [2.45, 2.75) is 32.7 Å². The lowest BCUT2D eigenvalue weighted by atomic mass is 10.1. The number of rotatable bonds is 6. The van der Waals surface area contributed by atoms with E-state index < -0.39 is 0 Å². The molecule has 0 aromatic carbocycles. The van der Waals surface area contributed by atoms with Gasteiger partial charge in [0.2, 0.25) is 0 Å². The molecular formula is C13H18N2S2. The Morgan fingerprint density at radius 1 is 1.29 bits per heavy atom. The highest BCUT2D eigenvalue weighted by Crippen LogP contribution is 2.28. The molecule has 2 nitrogen and oxygen atoms in total. The zero-order chi connectivity index (χ0) is 12.1. The predicted molar refractivity (Wildman–Crippen MR) is 75.9 cm³/mol. The second kappa shape index (κ2) is 6.28. The number of hydrogen-bond donors (Lipinski definition) is 1. The van der Waals surface area contributed by atoms with Gasteiger partial charge in [0.25, 0.3) is 0 Å². The monoisotopic (exact) mass is 266 g/mol. The number of thiazole rings is 1. The molecule has 17 heavy (non-hydrogen) atoms. The molecule has 1 atom stereocenters. The van der Waals surface area contributed by atoms with Crippen LogP contribution < -0.4 is 5.32 Å². The van der Waals surface area contributed by atoms with E-state index >= 15 is 0 Å². The molecule has 2 aromatic heterocycles. The first-order valence-electron chi connectivity index (χ1n) is 6.03. The molecular weight excluding hydrogens is 248 g/mol. The fraction of sp³-hybridized carbons (Fsp3) is 0.462. The summed E-state index contributed by atoms with van der Waals surface area (Å²) in [5.74, 6) is 0. The Morgan fingerprint density at radius 2 is 2.18 bits per heavy atom. The van der Waals surface area contributed by atoms with Crippen LogP contribution in [0.25, 0.3) is 0 Å². The van der Waals surface area contributed by atoms with Gasteiger partial charge in [0.05, 0.1) is 5.01 Å². The van der Waals surface area contributed by atoms with Gasteiger partial charge in [0.15, 0.2) is 0 Å². The van der Waals surface area contributed by atoms with Gasteiger partial charge in [-0.2, -0.15) is 0 Å². The van der Waals surface area contributed by atoms with Gasteiger partial charge in [0.1, 0.15) is 0 Å². The molecule has 0 fully saturated rings. The topological polar surface area (TPSA) is 24.9 Å². The molecule has 0 saturated carbocycles. The quantitative estimate of drug-likeness (QED) is 0.863.